The van der Waals surface area contributed by atoms with E-state index in [4.69, 9.17) is 0 Å². The molecular weight excluding hydrogens is 793 g/mol. The Morgan fingerprint density at radius 3 is 0.758 bits per heavy atom. The van der Waals surface area contributed by atoms with Crippen molar-refractivity contribution in [2.45, 2.75) is 0 Å². The van der Waals surface area contributed by atoms with E-state index in [1.807, 2.05) is 0 Å². The van der Waals surface area contributed by atoms with E-state index in [1.54, 1.807) is 0 Å². The first-order valence-electron chi connectivity index (χ1n) is 23.0. The molecule has 14 aromatic rings. The van der Waals surface area contributed by atoms with Crippen LogP contribution in [0.5, 0.6) is 0 Å². The second-order valence-corrected chi connectivity index (χ2v) is 17.9. The Labute approximate surface area is 382 Å². The van der Waals surface area contributed by atoms with Gasteiger partial charge in [-0.1, -0.05) is 218 Å². The predicted octanol–water partition coefficient (Wildman–Crippen LogP) is 18.7. The van der Waals surface area contributed by atoms with Gasteiger partial charge >= 0.3 is 0 Å². The van der Waals surface area contributed by atoms with Gasteiger partial charge in [0.15, 0.2) is 0 Å². The molecule has 0 radical (unpaired) electrons. The van der Waals surface area contributed by atoms with Crippen LogP contribution in [0.1, 0.15) is 0 Å². The average Bonchev–Trinajstić information content (AvgIpc) is 3.39. The highest BCUT2D eigenvalue weighted by molar-refractivity contribution is 6.28. The largest absolute Gasteiger partial charge is 0.0616 e. The monoisotopic (exact) mass is 832 g/mol. The first kappa shape index (κ1) is 36.9. The van der Waals surface area contributed by atoms with Crippen molar-refractivity contribution in [1.82, 2.24) is 0 Å². The SMILES string of the molecule is c1ccc2cc(-c3c4ccccc4c(-c4ccc5ccc(-c6c7ccccc7c(-c7ccc8c9ccccc9c9ccccc9c8c7)c7ccccc67)cc5c4)c4ccccc34)ccc2c1. The first-order valence-corrected chi connectivity index (χ1v) is 23.0. The second kappa shape index (κ2) is 14.5. The van der Waals surface area contributed by atoms with Crippen LogP contribution in [0.4, 0.5) is 0 Å². The summed E-state index contributed by atoms with van der Waals surface area (Å²) in [5.41, 5.74) is 10.0. The predicted molar refractivity (Wildman–Crippen MR) is 286 cm³/mol. The molecule has 0 nitrogen and oxygen atoms in total. The normalized spacial score (nSPS) is 11.9. The van der Waals surface area contributed by atoms with Gasteiger partial charge < -0.3 is 0 Å². The van der Waals surface area contributed by atoms with Gasteiger partial charge in [0.1, 0.15) is 0 Å². The second-order valence-electron chi connectivity index (χ2n) is 17.9. The molecule has 0 aliphatic heterocycles. The Bertz CT molecular complexity index is 4190. The molecule has 0 bridgehead atoms. The maximum atomic E-state index is 2.44. The molecule has 304 valence electrons. The van der Waals surface area contributed by atoms with Gasteiger partial charge in [-0.3, -0.25) is 0 Å². The van der Waals surface area contributed by atoms with Crippen LogP contribution in [0.2, 0.25) is 0 Å². The summed E-state index contributed by atoms with van der Waals surface area (Å²) in [6.45, 7) is 0. The average molecular weight is 833 g/mol. The van der Waals surface area contributed by atoms with Crippen LogP contribution in [-0.2, 0) is 0 Å². The number of fused-ring (bicyclic) bond motifs is 12. The van der Waals surface area contributed by atoms with Crippen LogP contribution < -0.4 is 0 Å². The van der Waals surface area contributed by atoms with Gasteiger partial charge in [0, 0.05) is 0 Å². The molecule has 14 rings (SSSR count). The minimum Gasteiger partial charge on any atom is -0.0616 e. The van der Waals surface area contributed by atoms with Crippen LogP contribution in [0.15, 0.2) is 243 Å². The fraction of sp³-hybridized carbons (Fsp3) is 0. The third kappa shape index (κ3) is 5.52. The lowest BCUT2D eigenvalue weighted by atomic mass is 9.84. The number of hydrogen-bond acceptors (Lipinski definition) is 0. The molecule has 0 unspecified atom stereocenters. The maximum Gasteiger partial charge on any atom is -0.00261 e. The van der Waals surface area contributed by atoms with Crippen molar-refractivity contribution in [3.63, 3.8) is 0 Å². The van der Waals surface area contributed by atoms with E-state index in [2.05, 4.69) is 243 Å². The van der Waals surface area contributed by atoms with E-state index in [-0.39, 0.29) is 0 Å². The lowest BCUT2D eigenvalue weighted by molar-refractivity contribution is 1.67. The molecule has 14 aromatic carbocycles. The third-order valence-corrected chi connectivity index (χ3v) is 14.4. The Morgan fingerprint density at radius 2 is 0.379 bits per heavy atom. The van der Waals surface area contributed by atoms with E-state index in [9.17, 15) is 0 Å². The van der Waals surface area contributed by atoms with Crippen molar-refractivity contribution in [2.75, 3.05) is 0 Å². The van der Waals surface area contributed by atoms with Gasteiger partial charge in [0.05, 0.1) is 0 Å². The molecule has 0 N–H and O–H groups in total. The molecule has 66 heavy (non-hydrogen) atoms. The van der Waals surface area contributed by atoms with Gasteiger partial charge in [0.2, 0.25) is 0 Å². The highest BCUT2D eigenvalue weighted by atomic mass is 14.2. The van der Waals surface area contributed by atoms with Crippen LogP contribution in [0, 0.1) is 0 Å². The molecular formula is C66H40. The Balaban J connectivity index is 0.970. The summed E-state index contributed by atoms with van der Waals surface area (Å²) in [6.07, 6.45) is 0. The molecule has 0 spiro atoms. The van der Waals surface area contributed by atoms with Crippen LogP contribution in [0.3, 0.4) is 0 Å². The van der Waals surface area contributed by atoms with Crippen molar-refractivity contribution in [3.8, 4) is 44.5 Å². The van der Waals surface area contributed by atoms with Gasteiger partial charge in [-0.05, 0) is 166 Å². The lowest BCUT2D eigenvalue weighted by Crippen LogP contribution is -1.92. The summed E-state index contributed by atoms with van der Waals surface area (Å²) >= 11 is 0. The lowest BCUT2D eigenvalue weighted by Gasteiger charge is -2.19. The smallest absolute Gasteiger partial charge is 0.00261 e. The van der Waals surface area contributed by atoms with Crippen molar-refractivity contribution in [1.29, 1.82) is 0 Å². The number of rotatable bonds is 4. The summed E-state index contributed by atoms with van der Waals surface area (Å²) < 4.78 is 0. The van der Waals surface area contributed by atoms with Crippen LogP contribution in [-0.4, -0.2) is 0 Å². The van der Waals surface area contributed by atoms with Gasteiger partial charge in [-0.25, -0.2) is 0 Å². The van der Waals surface area contributed by atoms with E-state index in [1.165, 1.54) is 141 Å². The molecule has 0 amide bonds. The number of benzene rings is 14. The molecule has 0 atom stereocenters. The summed E-state index contributed by atoms with van der Waals surface area (Å²) in [6, 6.07) is 90.5. The summed E-state index contributed by atoms with van der Waals surface area (Å²) in [5.74, 6) is 0. The minimum atomic E-state index is 1.22. The van der Waals surface area contributed by atoms with E-state index < -0.39 is 0 Å². The molecule has 0 heterocycles. The summed E-state index contributed by atoms with van der Waals surface area (Å²) in [5, 5.41) is 22.8. The van der Waals surface area contributed by atoms with Gasteiger partial charge in [-0.15, -0.1) is 0 Å². The van der Waals surface area contributed by atoms with Crippen molar-refractivity contribution in [3.05, 3.63) is 243 Å². The highest BCUT2D eigenvalue weighted by Crippen LogP contribution is 2.48. The minimum absolute atomic E-state index is 1.22. The van der Waals surface area contributed by atoms with Gasteiger partial charge in [-0.2, -0.15) is 0 Å². The Morgan fingerprint density at radius 1 is 0.136 bits per heavy atom. The van der Waals surface area contributed by atoms with Crippen molar-refractivity contribution in [2.24, 2.45) is 0 Å². The quantitative estimate of drug-likeness (QED) is 0.122. The topological polar surface area (TPSA) is 0 Å². The van der Waals surface area contributed by atoms with Gasteiger partial charge in [0.25, 0.3) is 0 Å². The zero-order chi connectivity index (χ0) is 43.3. The molecule has 0 aliphatic rings. The van der Waals surface area contributed by atoms with Crippen LogP contribution >= 0.6 is 0 Å². The molecule has 0 heteroatoms. The van der Waals surface area contributed by atoms with E-state index in [0.29, 0.717) is 0 Å². The standard InChI is InChI=1S/C66H40/c1-2-16-43-37-44(32-29-41(43)15-1)63-54-21-7-9-23-56(54)64(57-24-10-8-22-55(57)63)45-33-30-42-31-34-46(39-48(42)38-45)65-58-25-11-13-27-60(58)66(61-28-14-12-26-59(61)65)47-35-36-53-51-19-4-3-17-49(51)50-18-5-6-20-52(50)62(53)40-47/h1-40H. The van der Waals surface area contributed by atoms with E-state index in [0.717, 1.165) is 0 Å². The van der Waals surface area contributed by atoms with Crippen molar-refractivity contribution >= 4 is 97.0 Å². The van der Waals surface area contributed by atoms with Crippen molar-refractivity contribution < 1.29 is 0 Å². The Hall–Kier alpha value is -8.58. The maximum absolute atomic E-state index is 2.44. The molecule has 0 aliphatic carbocycles. The first-order chi connectivity index (χ1) is 32.7. The summed E-state index contributed by atoms with van der Waals surface area (Å²) in [4.78, 5) is 0. The van der Waals surface area contributed by atoms with E-state index >= 15 is 0 Å². The fourth-order valence-electron chi connectivity index (χ4n) is 11.5. The zero-order valence-electron chi connectivity index (χ0n) is 36.1. The highest BCUT2D eigenvalue weighted by Gasteiger charge is 2.20. The van der Waals surface area contributed by atoms with Crippen LogP contribution in [0.25, 0.3) is 141 Å². The number of hydrogen-bond donors (Lipinski definition) is 0. The zero-order valence-corrected chi connectivity index (χ0v) is 36.1. The molecule has 0 aromatic heterocycles. The molecule has 0 fully saturated rings. The third-order valence-electron chi connectivity index (χ3n) is 14.4. The fourth-order valence-corrected chi connectivity index (χ4v) is 11.5. The summed E-state index contributed by atoms with van der Waals surface area (Å²) in [7, 11) is 0. The molecule has 0 saturated heterocycles. The molecule has 0 saturated carbocycles. The Kier molecular flexibility index (Phi) is 8.08.